The molecule has 1 aliphatic rings. The predicted octanol–water partition coefficient (Wildman–Crippen LogP) is 4.17. The summed E-state index contributed by atoms with van der Waals surface area (Å²) in [6, 6.07) is 14.8. The molecule has 0 aliphatic carbocycles. The molecule has 1 saturated heterocycles. The molecule has 2 aromatic carbocycles. The number of sulfonamides is 1. The number of pyridine rings is 1. The van der Waals surface area contributed by atoms with Gasteiger partial charge in [0.05, 0.1) is 35.4 Å². The number of hydrogen-bond donors (Lipinski definition) is 2. The molecular formula is C27H35N3O4S. The molecule has 0 unspecified atom stereocenters. The van der Waals surface area contributed by atoms with E-state index >= 15 is 0 Å². The number of nitrogens with one attached hydrogen (secondary N) is 2. The molecule has 3 aromatic rings. The number of anilines is 1. The minimum atomic E-state index is -3.74. The van der Waals surface area contributed by atoms with Gasteiger partial charge < -0.3 is 14.8 Å². The first-order valence-electron chi connectivity index (χ1n) is 12.3. The van der Waals surface area contributed by atoms with Gasteiger partial charge in [-0.25, -0.2) is 8.42 Å². The minimum absolute atomic E-state index is 0.124. The maximum atomic E-state index is 13.3. The normalized spacial score (nSPS) is 16.6. The molecule has 1 aliphatic heterocycles. The second-order valence-electron chi connectivity index (χ2n) is 9.39. The summed E-state index contributed by atoms with van der Waals surface area (Å²) in [6.45, 7) is 7.95. The summed E-state index contributed by atoms with van der Waals surface area (Å²) in [5.41, 5.74) is 3.43. The molecular weight excluding hydrogens is 462 g/mol. The Labute approximate surface area is 208 Å². The SMILES string of the molecule is CC(C)Cc1ccc2ncccc2c1NS(=O)(=O)c1ccc(CCCOC[C@@H]2CNCCO2)cc1. The Morgan fingerprint density at radius 2 is 2.00 bits per heavy atom. The van der Waals surface area contributed by atoms with Crippen LogP contribution in [0.25, 0.3) is 10.9 Å². The maximum absolute atomic E-state index is 13.3. The molecule has 35 heavy (non-hydrogen) atoms. The first kappa shape index (κ1) is 25.6. The highest BCUT2D eigenvalue weighted by atomic mass is 32.2. The number of benzene rings is 2. The third-order valence-corrected chi connectivity index (χ3v) is 7.40. The highest BCUT2D eigenvalue weighted by molar-refractivity contribution is 7.92. The number of aromatic nitrogens is 1. The Balaban J connectivity index is 1.39. The summed E-state index contributed by atoms with van der Waals surface area (Å²) in [4.78, 5) is 4.64. The Kier molecular flexibility index (Phi) is 8.73. The van der Waals surface area contributed by atoms with Gasteiger partial charge in [0.2, 0.25) is 0 Å². The first-order chi connectivity index (χ1) is 16.9. The molecule has 8 heteroatoms. The van der Waals surface area contributed by atoms with Crippen LogP contribution in [0.3, 0.4) is 0 Å². The van der Waals surface area contributed by atoms with Crippen LogP contribution in [-0.4, -0.2) is 52.4 Å². The van der Waals surface area contributed by atoms with E-state index < -0.39 is 10.0 Å². The smallest absolute Gasteiger partial charge is 0.261 e. The number of aryl methyl sites for hydroxylation is 1. The molecule has 0 spiro atoms. The van der Waals surface area contributed by atoms with Gasteiger partial charge >= 0.3 is 0 Å². The molecule has 1 atom stereocenters. The van der Waals surface area contributed by atoms with Gasteiger partial charge in [-0.05, 0) is 66.6 Å². The Morgan fingerprint density at radius 1 is 1.17 bits per heavy atom. The molecule has 1 aromatic heterocycles. The fraction of sp³-hybridized carbons (Fsp3) is 0.444. The van der Waals surface area contributed by atoms with Crippen molar-refractivity contribution in [1.29, 1.82) is 0 Å². The summed E-state index contributed by atoms with van der Waals surface area (Å²) < 4.78 is 40.8. The number of nitrogens with zero attached hydrogens (tertiary/aromatic N) is 1. The van der Waals surface area contributed by atoms with E-state index in [1.807, 2.05) is 36.4 Å². The van der Waals surface area contributed by atoms with Gasteiger partial charge in [0.25, 0.3) is 10.0 Å². The monoisotopic (exact) mass is 497 g/mol. The van der Waals surface area contributed by atoms with Crippen molar-refractivity contribution in [1.82, 2.24) is 10.3 Å². The average molecular weight is 498 g/mol. The zero-order valence-corrected chi connectivity index (χ0v) is 21.3. The van der Waals surface area contributed by atoms with Crippen molar-refractivity contribution in [3.8, 4) is 0 Å². The van der Waals surface area contributed by atoms with Gasteiger partial charge in [-0.15, -0.1) is 0 Å². The van der Waals surface area contributed by atoms with Crippen LogP contribution in [0.1, 0.15) is 31.4 Å². The topological polar surface area (TPSA) is 89.6 Å². The van der Waals surface area contributed by atoms with Crippen LogP contribution < -0.4 is 10.0 Å². The second-order valence-corrected chi connectivity index (χ2v) is 11.1. The van der Waals surface area contributed by atoms with Crippen molar-refractivity contribution in [3.63, 3.8) is 0 Å². The predicted molar refractivity (Wildman–Crippen MR) is 139 cm³/mol. The van der Waals surface area contributed by atoms with Crippen LogP contribution in [0.15, 0.2) is 59.6 Å². The van der Waals surface area contributed by atoms with Gasteiger partial charge in [0, 0.05) is 31.3 Å². The third-order valence-electron chi connectivity index (χ3n) is 6.03. The molecule has 0 bridgehead atoms. The van der Waals surface area contributed by atoms with Crippen LogP contribution in [0.4, 0.5) is 5.69 Å². The number of rotatable bonds is 11. The van der Waals surface area contributed by atoms with Gasteiger partial charge in [0.1, 0.15) is 0 Å². The number of fused-ring (bicyclic) bond motifs is 1. The highest BCUT2D eigenvalue weighted by Crippen LogP contribution is 2.30. The Morgan fingerprint density at radius 3 is 2.74 bits per heavy atom. The van der Waals surface area contributed by atoms with E-state index in [1.165, 1.54) is 0 Å². The number of ether oxygens (including phenoxy) is 2. The van der Waals surface area contributed by atoms with Gasteiger partial charge in [-0.2, -0.15) is 0 Å². The fourth-order valence-corrected chi connectivity index (χ4v) is 5.40. The van der Waals surface area contributed by atoms with Gasteiger partial charge in [-0.3, -0.25) is 9.71 Å². The van der Waals surface area contributed by atoms with Crippen molar-refractivity contribution in [3.05, 3.63) is 65.9 Å². The standard InChI is InChI=1S/C27H35N3O4S/c1-20(2)17-22-9-12-26-25(6-3-13-29-26)27(22)30-35(31,32)24-10-7-21(8-11-24)5-4-15-33-19-23-18-28-14-16-34-23/h3,6-13,20,23,28,30H,4-5,14-19H2,1-2H3/t23-/m0/s1. The fourth-order valence-electron chi connectivity index (χ4n) is 4.28. The maximum Gasteiger partial charge on any atom is 0.261 e. The van der Waals surface area contributed by atoms with Crippen molar-refractivity contribution in [2.75, 3.05) is 37.6 Å². The largest absolute Gasteiger partial charge is 0.379 e. The summed E-state index contributed by atoms with van der Waals surface area (Å²) in [6.07, 6.45) is 4.30. The molecule has 0 saturated carbocycles. The first-order valence-corrected chi connectivity index (χ1v) is 13.8. The van der Waals surface area contributed by atoms with Crippen LogP contribution in [0.2, 0.25) is 0 Å². The van der Waals surface area contributed by atoms with E-state index in [0.717, 1.165) is 61.0 Å². The summed E-state index contributed by atoms with van der Waals surface area (Å²) in [7, 11) is -3.74. The third kappa shape index (κ3) is 7.01. The minimum Gasteiger partial charge on any atom is -0.379 e. The Bertz CT molecular complexity index is 1210. The lowest BCUT2D eigenvalue weighted by atomic mass is 9.99. The van der Waals surface area contributed by atoms with E-state index in [-0.39, 0.29) is 11.0 Å². The van der Waals surface area contributed by atoms with E-state index in [2.05, 4.69) is 28.9 Å². The van der Waals surface area contributed by atoms with Crippen molar-refractivity contribution in [2.24, 2.45) is 5.92 Å². The molecule has 188 valence electrons. The number of hydrogen-bond acceptors (Lipinski definition) is 6. The molecule has 2 heterocycles. The van der Waals surface area contributed by atoms with Crippen LogP contribution in [0, 0.1) is 5.92 Å². The van der Waals surface area contributed by atoms with Crippen molar-refractivity contribution < 1.29 is 17.9 Å². The molecule has 1 fully saturated rings. The van der Waals surface area contributed by atoms with Crippen molar-refractivity contribution >= 4 is 26.6 Å². The van der Waals surface area contributed by atoms with Crippen LogP contribution in [0.5, 0.6) is 0 Å². The number of morpholine rings is 1. The molecule has 0 amide bonds. The molecule has 4 rings (SSSR count). The highest BCUT2D eigenvalue weighted by Gasteiger charge is 2.19. The van der Waals surface area contributed by atoms with Crippen molar-refractivity contribution in [2.45, 2.75) is 44.1 Å². The lowest BCUT2D eigenvalue weighted by Gasteiger charge is -2.23. The summed E-state index contributed by atoms with van der Waals surface area (Å²) in [5.74, 6) is 0.391. The zero-order chi connectivity index (χ0) is 24.7. The van der Waals surface area contributed by atoms with E-state index in [4.69, 9.17) is 9.47 Å². The van der Waals surface area contributed by atoms with Gasteiger partial charge in [-0.1, -0.05) is 32.0 Å². The average Bonchev–Trinajstić information content (AvgIpc) is 2.86. The van der Waals surface area contributed by atoms with Crippen LogP contribution >= 0.6 is 0 Å². The van der Waals surface area contributed by atoms with E-state index in [0.29, 0.717) is 24.8 Å². The zero-order valence-electron chi connectivity index (χ0n) is 20.5. The molecule has 7 nitrogen and oxygen atoms in total. The quantitative estimate of drug-likeness (QED) is 0.387. The molecule has 0 radical (unpaired) electrons. The second kappa shape index (κ2) is 11.9. The lowest BCUT2D eigenvalue weighted by molar-refractivity contribution is -0.0316. The summed E-state index contributed by atoms with van der Waals surface area (Å²) in [5, 5.41) is 4.10. The molecule has 2 N–H and O–H groups in total. The Hall–Kier alpha value is -2.52. The van der Waals surface area contributed by atoms with Crippen LogP contribution in [-0.2, 0) is 32.3 Å². The van der Waals surface area contributed by atoms with E-state index in [9.17, 15) is 8.42 Å². The van der Waals surface area contributed by atoms with E-state index in [1.54, 1.807) is 18.3 Å². The summed E-state index contributed by atoms with van der Waals surface area (Å²) >= 11 is 0. The lowest BCUT2D eigenvalue weighted by Crippen LogP contribution is -2.41. The van der Waals surface area contributed by atoms with Gasteiger partial charge in [0.15, 0.2) is 0 Å².